The van der Waals surface area contributed by atoms with Crippen LogP contribution in [0.15, 0.2) is 0 Å². The molecule has 0 heterocycles. The molecule has 3 nitrogen and oxygen atoms in total. The molecule has 0 aliphatic heterocycles. The predicted octanol–water partition coefficient (Wildman–Crippen LogP) is 2.69. The molecular formula is C15H28N2O. The molecule has 0 radical (unpaired) electrons. The lowest BCUT2D eigenvalue weighted by Crippen LogP contribution is -2.47. The zero-order chi connectivity index (χ0) is 13.0. The van der Waals surface area contributed by atoms with Crippen LogP contribution in [0.4, 0.5) is 0 Å². The summed E-state index contributed by atoms with van der Waals surface area (Å²) in [7, 11) is 0. The summed E-state index contributed by atoms with van der Waals surface area (Å²) in [4.78, 5) is 14.6. The zero-order valence-corrected chi connectivity index (χ0v) is 11.8. The third kappa shape index (κ3) is 2.87. The molecule has 104 valence electrons. The number of nitrogens with zero attached hydrogens (tertiary/aromatic N) is 1. The van der Waals surface area contributed by atoms with Crippen molar-refractivity contribution in [2.75, 3.05) is 13.1 Å². The molecular weight excluding hydrogens is 224 g/mol. The Morgan fingerprint density at radius 2 is 1.89 bits per heavy atom. The first kappa shape index (κ1) is 13.9. The van der Waals surface area contributed by atoms with E-state index in [1.54, 1.807) is 0 Å². The van der Waals surface area contributed by atoms with E-state index < -0.39 is 0 Å². The highest BCUT2D eigenvalue weighted by atomic mass is 16.2. The van der Waals surface area contributed by atoms with Gasteiger partial charge in [0.15, 0.2) is 0 Å². The minimum atomic E-state index is 0.152. The van der Waals surface area contributed by atoms with Gasteiger partial charge >= 0.3 is 0 Å². The molecule has 2 fully saturated rings. The maximum atomic E-state index is 12.5. The van der Waals surface area contributed by atoms with Crippen molar-refractivity contribution in [3.05, 3.63) is 0 Å². The van der Waals surface area contributed by atoms with Gasteiger partial charge < -0.3 is 10.6 Å². The van der Waals surface area contributed by atoms with Crippen LogP contribution in [-0.4, -0.2) is 29.9 Å². The highest BCUT2D eigenvalue weighted by molar-refractivity contribution is 5.77. The minimum Gasteiger partial charge on any atom is -0.340 e. The summed E-state index contributed by atoms with van der Waals surface area (Å²) in [6.45, 7) is 3.66. The SMILES string of the molecule is CCN(C(=O)CC1(CN)CCC1)C1CCCCC1. The van der Waals surface area contributed by atoms with E-state index in [0.29, 0.717) is 24.9 Å². The Kier molecular flexibility index (Phi) is 4.66. The van der Waals surface area contributed by atoms with Crippen LogP contribution < -0.4 is 5.73 Å². The van der Waals surface area contributed by atoms with Crippen LogP contribution in [0.2, 0.25) is 0 Å². The van der Waals surface area contributed by atoms with Crippen molar-refractivity contribution in [3.8, 4) is 0 Å². The van der Waals surface area contributed by atoms with E-state index >= 15 is 0 Å². The van der Waals surface area contributed by atoms with Gasteiger partial charge in [-0.15, -0.1) is 0 Å². The molecule has 2 rings (SSSR count). The fourth-order valence-electron chi connectivity index (χ4n) is 3.58. The van der Waals surface area contributed by atoms with Crippen molar-refractivity contribution < 1.29 is 4.79 Å². The van der Waals surface area contributed by atoms with Gasteiger partial charge in [-0.3, -0.25) is 4.79 Å². The van der Waals surface area contributed by atoms with Crippen molar-refractivity contribution >= 4 is 5.91 Å². The number of nitrogens with two attached hydrogens (primary N) is 1. The van der Waals surface area contributed by atoms with Gasteiger partial charge in [-0.1, -0.05) is 25.7 Å². The van der Waals surface area contributed by atoms with Crippen molar-refractivity contribution in [1.29, 1.82) is 0 Å². The van der Waals surface area contributed by atoms with E-state index in [-0.39, 0.29) is 5.41 Å². The summed E-state index contributed by atoms with van der Waals surface area (Å²) >= 11 is 0. The average Bonchev–Trinajstić information content (AvgIpc) is 2.36. The molecule has 2 N–H and O–H groups in total. The van der Waals surface area contributed by atoms with Crippen LogP contribution in [0.25, 0.3) is 0 Å². The van der Waals surface area contributed by atoms with Gasteiger partial charge in [-0.25, -0.2) is 0 Å². The number of amides is 1. The lowest BCUT2D eigenvalue weighted by atomic mass is 9.66. The molecule has 0 bridgehead atoms. The van der Waals surface area contributed by atoms with Gasteiger partial charge in [-0.2, -0.15) is 0 Å². The Morgan fingerprint density at radius 3 is 2.33 bits per heavy atom. The third-order valence-electron chi connectivity index (χ3n) is 5.05. The van der Waals surface area contributed by atoms with Gasteiger partial charge in [0.25, 0.3) is 0 Å². The van der Waals surface area contributed by atoms with Gasteiger partial charge in [0.1, 0.15) is 0 Å². The molecule has 0 aromatic heterocycles. The lowest BCUT2D eigenvalue weighted by Gasteiger charge is -2.43. The normalized spacial score (nSPS) is 23.4. The molecule has 2 saturated carbocycles. The fourth-order valence-corrected chi connectivity index (χ4v) is 3.58. The summed E-state index contributed by atoms with van der Waals surface area (Å²) in [5.41, 5.74) is 6.02. The topological polar surface area (TPSA) is 46.3 Å². The smallest absolute Gasteiger partial charge is 0.223 e. The van der Waals surface area contributed by atoms with E-state index in [4.69, 9.17) is 5.73 Å². The average molecular weight is 252 g/mol. The molecule has 0 aromatic carbocycles. The Balaban J connectivity index is 1.92. The summed E-state index contributed by atoms with van der Waals surface area (Å²) < 4.78 is 0. The van der Waals surface area contributed by atoms with Crippen LogP contribution >= 0.6 is 0 Å². The van der Waals surface area contributed by atoms with Crippen LogP contribution in [-0.2, 0) is 4.79 Å². The summed E-state index contributed by atoms with van der Waals surface area (Å²) in [6, 6.07) is 0.506. The molecule has 0 unspecified atom stereocenters. The Morgan fingerprint density at radius 1 is 1.22 bits per heavy atom. The number of carbonyl (C=O) groups is 1. The first-order valence-corrected chi connectivity index (χ1v) is 7.70. The minimum absolute atomic E-state index is 0.152. The van der Waals surface area contributed by atoms with Gasteiger partial charge in [0.2, 0.25) is 5.91 Å². The molecule has 18 heavy (non-hydrogen) atoms. The zero-order valence-electron chi connectivity index (χ0n) is 11.8. The van der Waals surface area contributed by atoms with E-state index in [1.807, 2.05) is 0 Å². The monoisotopic (exact) mass is 252 g/mol. The molecule has 3 heteroatoms. The number of rotatable bonds is 5. The van der Waals surface area contributed by atoms with Crippen LogP contribution in [0.5, 0.6) is 0 Å². The van der Waals surface area contributed by atoms with Gasteiger partial charge in [-0.05, 0) is 44.6 Å². The van der Waals surface area contributed by atoms with Crippen molar-refractivity contribution in [2.45, 2.75) is 70.8 Å². The second kappa shape index (κ2) is 6.05. The quantitative estimate of drug-likeness (QED) is 0.817. The number of hydrogen-bond donors (Lipinski definition) is 1. The highest BCUT2D eigenvalue weighted by Gasteiger charge is 2.39. The van der Waals surface area contributed by atoms with E-state index in [0.717, 1.165) is 19.4 Å². The Bertz CT molecular complexity index is 275. The molecule has 0 spiro atoms. The first-order chi connectivity index (χ1) is 8.71. The van der Waals surface area contributed by atoms with Crippen LogP contribution in [0, 0.1) is 5.41 Å². The van der Waals surface area contributed by atoms with Gasteiger partial charge in [0, 0.05) is 19.0 Å². The summed E-state index contributed by atoms with van der Waals surface area (Å²) in [6.07, 6.45) is 10.6. The van der Waals surface area contributed by atoms with Crippen molar-refractivity contribution in [3.63, 3.8) is 0 Å². The standard InChI is InChI=1S/C15H28N2O/c1-2-17(13-7-4-3-5-8-13)14(18)11-15(12-16)9-6-10-15/h13H,2-12,16H2,1H3. The molecule has 2 aliphatic carbocycles. The second-order valence-electron chi connectivity index (χ2n) is 6.21. The Hall–Kier alpha value is -0.570. The van der Waals surface area contributed by atoms with E-state index in [2.05, 4.69) is 11.8 Å². The summed E-state index contributed by atoms with van der Waals surface area (Å²) in [5.74, 6) is 0.356. The largest absolute Gasteiger partial charge is 0.340 e. The number of hydrogen-bond acceptors (Lipinski definition) is 2. The van der Waals surface area contributed by atoms with Gasteiger partial charge in [0.05, 0.1) is 0 Å². The van der Waals surface area contributed by atoms with Crippen LogP contribution in [0.3, 0.4) is 0 Å². The highest BCUT2D eigenvalue weighted by Crippen LogP contribution is 2.43. The van der Waals surface area contributed by atoms with E-state index in [9.17, 15) is 4.79 Å². The van der Waals surface area contributed by atoms with Crippen molar-refractivity contribution in [1.82, 2.24) is 4.90 Å². The lowest BCUT2D eigenvalue weighted by molar-refractivity contribution is -0.137. The maximum absolute atomic E-state index is 12.5. The fraction of sp³-hybridized carbons (Fsp3) is 0.933. The Labute approximate surface area is 111 Å². The number of carbonyl (C=O) groups excluding carboxylic acids is 1. The predicted molar refractivity (Wildman–Crippen MR) is 74.2 cm³/mol. The summed E-state index contributed by atoms with van der Waals surface area (Å²) in [5, 5.41) is 0. The molecule has 2 aliphatic rings. The van der Waals surface area contributed by atoms with E-state index in [1.165, 1.54) is 38.5 Å². The van der Waals surface area contributed by atoms with Crippen LogP contribution in [0.1, 0.15) is 64.7 Å². The molecule has 0 atom stereocenters. The molecule has 1 amide bonds. The molecule has 0 saturated heterocycles. The second-order valence-corrected chi connectivity index (χ2v) is 6.21. The van der Waals surface area contributed by atoms with Crippen molar-refractivity contribution in [2.24, 2.45) is 11.1 Å². The third-order valence-corrected chi connectivity index (χ3v) is 5.05. The first-order valence-electron chi connectivity index (χ1n) is 7.70. The molecule has 0 aromatic rings. The maximum Gasteiger partial charge on any atom is 0.223 e.